The van der Waals surface area contributed by atoms with E-state index in [2.05, 4.69) is 10.5 Å². The molecule has 4 rings (SSSR count). The van der Waals surface area contributed by atoms with Gasteiger partial charge in [-0.15, -0.1) is 0 Å². The summed E-state index contributed by atoms with van der Waals surface area (Å²) >= 11 is 6.00. The quantitative estimate of drug-likeness (QED) is 0.241. The van der Waals surface area contributed by atoms with Crippen LogP contribution in [-0.4, -0.2) is 34.4 Å². The maximum Gasteiger partial charge on any atom is 0.337 e. The lowest BCUT2D eigenvalue weighted by Gasteiger charge is -2.11. The predicted molar refractivity (Wildman–Crippen MR) is 140 cm³/mol. The molecule has 36 heavy (non-hydrogen) atoms. The Kier molecular flexibility index (Phi) is 7.51. The van der Waals surface area contributed by atoms with Crippen molar-refractivity contribution in [2.45, 2.75) is 13.8 Å². The van der Waals surface area contributed by atoms with Gasteiger partial charge in [-0.2, -0.15) is 5.10 Å². The average Bonchev–Trinajstić information content (AvgIpc) is 3.16. The molecule has 182 valence electrons. The monoisotopic (exact) mass is 501 g/mol. The van der Waals surface area contributed by atoms with Crippen LogP contribution in [-0.2, 0) is 4.79 Å². The molecule has 8 heteroatoms. The molecular weight excluding hydrogens is 478 g/mol. The number of aromatic carboxylic acids is 1. The van der Waals surface area contributed by atoms with Gasteiger partial charge in [-0.05, 0) is 61.4 Å². The van der Waals surface area contributed by atoms with E-state index >= 15 is 0 Å². The second-order valence-corrected chi connectivity index (χ2v) is 8.51. The molecule has 0 spiro atoms. The molecule has 0 saturated carbocycles. The van der Waals surface area contributed by atoms with Gasteiger partial charge in [0.15, 0.2) is 6.61 Å². The van der Waals surface area contributed by atoms with Crippen molar-refractivity contribution in [2.75, 3.05) is 6.61 Å². The minimum absolute atomic E-state index is 0.0267. The van der Waals surface area contributed by atoms with Crippen LogP contribution in [0.15, 0.2) is 84.0 Å². The average molecular weight is 502 g/mol. The van der Waals surface area contributed by atoms with Gasteiger partial charge in [0.1, 0.15) is 5.75 Å². The Hall–Kier alpha value is -4.36. The van der Waals surface area contributed by atoms with Crippen molar-refractivity contribution in [3.63, 3.8) is 0 Å². The van der Waals surface area contributed by atoms with Crippen molar-refractivity contribution in [1.29, 1.82) is 0 Å². The molecular formula is C28H24ClN3O4. The molecule has 7 nitrogen and oxygen atoms in total. The summed E-state index contributed by atoms with van der Waals surface area (Å²) in [6, 6.07) is 24.2. The van der Waals surface area contributed by atoms with Crippen LogP contribution in [0, 0.1) is 13.8 Å². The van der Waals surface area contributed by atoms with Gasteiger partial charge < -0.3 is 14.4 Å². The summed E-state index contributed by atoms with van der Waals surface area (Å²) in [6.45, 7) is 3.60. The number of hydrogen-bond acceptors (Lipinski definition) is 4. The molecule has 1 amide bonds. The number of hydrogen-bond donors (Lipinski definition) is 2. The Morgan fingerprint density at radius 1 is 1.00 bits per heavy atom. The van der Waals surface area contributed by atoms with Crippen molar-refractivity contribution in [3.8, 4) is 22.6 Å². The molecule has 0 aliphatic heterocycles. The fraction of sp³-hybridized carbons (Fsp3) is 0.107. The van der Waals surface area contributed by atoms with E-state index in [0.717, 1.165) is 28.1 Å². The first kappa shape index (κ1) is 24.8. The third-order valence-electron chi connectivity index (χ3n) is 5.63. The summed E-state index contributed by atoms with van der Waals surface area (Å²) < 4.78 is 7.45. The van der Waals surface area contributed by atoms with Crippen molar-refractivity contribution >= 4 is 29.7 Å². The molecule has 0 fully saturated rings. The highest BCUT2D eigenvalue weighted by Crippen LogP contribution is 2.25. The predicted octanol–water partition coefficient (Wildman–Crippen LogP) is 5.64. The molecule has 0 aliphatic rings. The number of nitrogens with zero attached hydrogens (tertiary/aromatic N) is 2. The van der Waals surface area contributed by atoms with Gasteiger partial charge in [-0.3, -0.25) is 4.79 Å². The number of aryl methyl sites for hydroxylation is 1. The maximum atomic E-state index is 12.2. The maximum absolute atomic E-state index is 12.2. The topological polar surface area (TPSA) is 92.9 Å². The van der Waals surface area contributed by atoms with Crippen molar-refractivity contribution in [2.24, 2.45) is 5.10 Å². The lowest BCUT2D eigenvalue weighted by Crippen LogP contribution is -2.24. The molecule has 0 unspecified atom stereocenters. The van der Waals surface area contributed by atoms with Crippen LogP contribution in [0.1, 0.15) is 27.3 Å². The number of carbonyl (C=O) groups is 2. The Balaban J connectivity index is 1.36. The summed E-state index contributed by atoms with van der Waals surface area (Å²) in [6.07, 6.45) is 1.54. The van der Waals surface area contributed by atoms with Crippen LogP contribution in [0.5, 0.6) is 5.75 Å². The number of carboxylic acid groups (broad SMARTS) is 1. The number of halogens is 1. The second kappa shape index (κ2) is 10.9. The van der Waals surface area contributed by atoms with Crippen LogP contribution >= 0.6 is 11.6 Å². The molecule has 1 aromatic heterocycles. The first-order valence-electron chi connectivity index (χ1n) is 11.2. The normalized spacial score (nSPS) is 11.0. The standard InChI is InChI=1S/C28H24ClN3O4/c1-18-14-22(19(2)32(18)23-10-13-26(29)25(15-23)28(34)35)16-30-31-27(33)17-36-24-11-8-21(9-12-24)20-6-4-3-5-7-20/h3-16H,17H2,1-2H3,(H,31,33)(H,34,35)/b30-16+. The Bertz CT molecular complexity index is 1430. The first-order valence-corrected chi connectivity index (χ1v) is 11.5. The Morgan fingerprint density at radius 3 is 2.39 bits per heavy atom. The molecule has 1 heterocycles. The van der Waals surface area contributed by atoms with E-state index in [1.165, 1.54) is 6.07 Å². The highest BCUT2D eigenvalue weighted by molar-refractivity contribution is 6.33. The largest absolute Gasteiger partial charge is 0.484 e. The molecule has 0 saturated heterocycles. The van der Waals surface area contributed by atoms with E-state index in [9.17, 15) is 14.7 Å². The first-order chi connectivity index (χ1) is 17.3. The smallest absolute Gasteiger partial charge is 0.337 e. The minimum atomic E-state index is -1.09. The molecule has 4 aromatic rings. The Labute approximate surface area is 213 Å². The van der Waals surface area contributed by atoms with Gasteiger partial charge in [0.25, 0.3) is 5.91 Å². The number of amides is 1. The summed E-state index contributed by atoms with van der Waals surface area (Å²) in [5.74, 6) is -0.903. The Morgan fingerprint density at radius 2 is 1.69 bits per heavy atom. The molecule has 0 radical (unpaired) electrons. The van der Waals surface area contributed by atoms with Gasteiger partial charge in [0.2, 0.25) is 0 Å². The van der Waals surface area contributed by atoms with Gasteiger partial charge in [0.05, 0.1) is 16.8 Å². The number of rotatable bonds is 8. The zero-order valence-electron chi connectivity index (χ0n) is 19.7. The van der Waals surface area contributed by atoms with E-state index in [1.54, 1.807) is 18.3 Å². The van der Waals surface area contributed by atoms with E-state index in [-0.39, 0.29) is 17.2 Å². The number of carboxylic acids is 1. The van der Waals surface area contributed by atoms with E-state index in [4.69, 9.17) is 16.3 Å². The summed E-state index contributed by atoms with van der Waals surface area (Å²) in [7, 11) is 0. The van der Waals surface area contributed by atoms with Crippen LogP contribution in [0.2, 0.25) is 5.02 Å². The fourth-order valence-corrected chi connectivity index (χ4v) is 4.06. The summed E-state index contributed by atoms with van der Waals surface area (Å²) in [5.41, 5.74) is 7.81. The lowest BCUT2D eigenvalue weighted by atomic mass is 10.1. The number of benzene rings is 3. The van der Waals surface area contributed by atoms with Gasteiger partial charge >= 0.3 is 5.97 Å². The molecule has 2 N–H and O–H groups in total. The zero-order chi connectivity index (χ0) is 25.7. The highest BCUT2D eigenvalue weighted by Gasteiger charge is 2.14. The highest BCUT2D eigenvalue weighted by atomic mass is 35.5. The van der Waals surface area contributed by atoms with Crippen molar-refractivity contribution in [1.82, 2.24) is 9.99 Å². The summed E-state index contributed by atoms with van der Waals surface area (Å²) in [4.78, 5) is 23.6. The van der Waals surface area contributed by atoms with E-state index in [0.29, 0.717) is 11.4 Å². The molecule has 0 aliphatic carbocycles. The van der Waals surface area contributed by atoms with Gasteiger partial charge in [-0.25, -0.2) is 10.2 Å². The van der Waals surface area contributed by atoms with Gasteiger partial charge in [0, 0.05) is 22.6 Å². The molecule has 0 bridgehead atoms. The lowest BCUT2D eigenvalue weighted by molar-refractivity contribution is -0.123. The van der Waals surface area contributed by atoms with Crippen LogP contribution in [0.3, 0.4) is 0 Å². The SMILES string of the molecule is Cc1cc(/C=N/NC(=O)COc2ccc(-c3ccccc3)cc2)c(C)n1-c1ccc(Cl)c(C(=O)O)c1. The van der Waals surface area contributed by atoms with Crippen LogP contribution in [0.25, 0.3) is 16.8 Å². The number of aromatic nitrogens is 1. The minimum Gasteiger partial charge on any atom is -0.484 e. The van der Waals surface area contributed by atoms with Crippen LogP contribution in [0.4, 0.5) is 0 Å². The third kappa shape index (κ3) is 5.64. The van der Waals surface area contributed by atoms with Crippen molar-refractivity contribution < 1.29 is 19.4 Å². The van der Waals surface area contributed by atoms with Crippen LogP contribution < -0.4 is 10.2 Å². The van der Waals surface area contributed by atoms with Gasteiger partial charge in [-0.1, -0.05) is 54.1 Å². The summed E-state index contributed by atoms with van der Waals surface area (Å²) in [5, 5.41) is 13.6. The second-order valence-electron chi connectivity index (χ2n) is 8.10. The third-order valence-corrected chi connectivity index (χ3v) is 5.96. The molecule has 3 aromatic carbocycles. The number of carbonyl (C=O) groups excluding carboxylic acids is 1. The van der Waals surface area contributed by atoms with E-state index < -0.39 is 11.9 Å². The number of nitrogens with one attached hydrogen (secondary N) is 1. The zero-order valence-corrected chi connectivity index (χ0v) is 20.5. The molecule has 0 atom stereocenters. The van der Waals surface area contributed by atoms with E-state index in [1.807, 2.05) is 79.1 Å². The number of ether oxygens (including phenoxy) is 1. The fourth-order valence-electron chi connectivity index (χ4n) is 3.86. The number of hydrazone groups is 1. The van der Waals surface area contributed by atoms with Crippen molar-refractivity contribution in [3.05, 3.63) is 106 Å².